The Bertz CT molecular complexity index is 972. The molecule has 2 aromatic rings. The van der Waals surface area contributed by atoms with Gasteiger partial charge in [-0.3, -0.25) is 4.79 Å². The monoisotopic (exact) mass is 503 g/mol. The minimum atomic E-state index is -0.571. The number of carbonyl (C=O) groups excluding carboxylic acids is 2. The molecule has 1 aliphatic rings. The van der Waals surface area contributed by atoms with E-state index in [1.807, 2.05) is 64.1 Å². The number of aromatic nitrogens is 1. The van der Waals surface area contributed by atoms with Crippen molar-refractivity contribution >= 4 is 33.6 Å². The lowest BCUT2D eigenvalue weighted by molar-refractivity contribution is -0.122. The number of anilines is 1. The molecule has 2 heterocycles. The van der Waals surface area contributed by atoms with E-state index in [1.165, 1.54) is 0 Å². The van der Waals surface area contributed by atoms with Gasteiger partial charge in [-0.1, -0.05) is 12.1 Å². The van der Waals surface area contributed by atoms with E-state index in [-0.39, 0.29) is 17.9 Å². The Morgan fingerprint density at radius 2 is 1.88 bits per heavy atom. The van der Waals surface area contributed by atoms with E-state index >= 15 is 0 Å². The molecule has 0 saturated carbocycles. The number of carbonyl (C=O) groups is 2. The van der Waals surface area contributed by atoms with E-state index < -0.39 is 5.60 Å². The molecule has 7 nitrogen and oxygen atoms in total. The molecule has 0 radical (unpaired) electrons. The quantitative estimate of drug-likeness (QED) is 0.539. The number of methoxy groups -OCH3 is 1. The maximum absolute atomic E-state index is 13.6. The first-order valence-electron chi connectivity index (χ1n) is 10.6. The molecule has 1 aromatic heterocycles. The minimum absolute atomic E-state index is 0.0433. The van der Waals surface area contributed by atoms with Crippen molar-refractivity contribution in [1.82, 2.24) is 9.88 Å². The van der Waals surface area contributed by atoms with Crippen molar-refractivity contribution in [2.24, 2.45) is 5.92 Å². The Kier molecular flexibility index (Phi) is 7.44. The highest BCUT2D eigenvalue weighted by atomic mass is 79.9. The second-order valence-electron chi connectivity index (χ2n) is 8.95. The lowest BCUT2D eigenvalue weighted by atomic mass is 10.1. The summed E-state index contributed by atoms with van der Waals surface area (Å²) < 4.78 is 11.3. The molecule has 0 aliphatic carbocycles. The summed E-state index contributed by atoms with van der Waals surface area (Å²) in [6, 6.07) is 11.4. The normalized spacial score (nSPS) is 16.1. The highest BCUT2D eigenvalue weighted by molar-refractivity contribution is 9.10. The summed E-state index contributed by atoms with van der Waals surface area (Å²) in [6.07, 6.45) is 0.210. The van der Waals surface area contributed by atoms with Gasteiger partial charge in [0.25, 0.3) is 0 Å². The molecule has 0 unspecified atom stereocenters. The molecule has 1 fully saturated rings. The van der Waals surface area contributed by atoms with Gasteiger partial charge < -0.3 is 19.3 Å². The number of pyridine rings is 1. The number of halogens is 1. The first kappa shape index (κ1) is 24.0. The van der Waals surface area contributed by atoms with Crippen molar-refractivity contribution in [3.05, 3.63) is 52.3 Å². The molecule has 1 aromatic carbocycles. The predicted molar refractivity (Wildman–Crippen MR) is 127 cm³/mol. The van der Waals surface area contributed by atoms with Crippen LogP contribution in [-0.4, -0.2) is 47.7 Å². The summed E-state index contributed by atoms with van der Waals surface area (Å²) in [5.74, 6) is 0.404. The van der Waals surface area contributed by atoms with Crippen molar-refractivity contribution in [2.45, 2.75) is 46.3 Å². The number of rotatable bonds is 5. The fourth-order valence-corrected chi connectivity index (χ4v) is 4.21. The maximum Gasteiger partial charge on any atom is 0.410 e. The SMILES string of the molecule is COc1ccc(CN(C(=O)[C@H]2CCN(C(=O)OC(C)(C)C)C2)c2ccc(C)nc2Br)cc1. The van der Waals surface area contributed by atoms with Crippen LogP contribution in [-0.2, 0) is 16.1 Å². The second-order valence-corrected chi connectivity index (χ2v) is 9.70. The number of benzene rings is 1. The molecule has 32 heavy (non-hydrogen) atoms. The van der Waals surface area contributed by atoms with Crippen LogP contribution in [0, 0.1) is 12.8 Å². The van der Waals surface area contributed by atoms with Crippen LogP contribution in [0.2, 0.25) is 0 Å². The number of hydrogen-bond acceptors (Lipinski definition) is 5. The number of hydrogen-bond donors (Lipinski definition) is 0. The van der Waals surface area contributed by atoms with Crippen molar-refractivity contribution < 1.29 is 19.1 Å². The van der Waals surface area contributed by atoms with Crippen LogP contribution < -0.4 is 9.64 Å². The summed E-state index contributed by atoms with van der Waals surface area (Å²) in [5.41, 5.74) is 1.95. The van der Waals surface area contributed by atoms with Gasteiger partial charge in [0.2, 0.25) is 5.91 Å². The van der Waals surface area contributed by atoms with Gasteiger partial charge in [-0.2, -0.15) is 0 Å². The summed E-state index contributed by atoms with van der Waals surface area (Å²) in [7, 11) is 1.62. The molecule has 3 rings (SSSR count). The predicted octanol–water partition coefficient (Wildman–Crippen LogP) is 4.95. The van der Waals surface area contributed by atoms with E-state index in [1.54, 1.807) is 16.9 Å². The van der Waals surface area contributed by atoms with E-state index in [0.717, 1.165) is 17.0 Å². The molecule has 1 aliphatic heterocycles. The highest BCUT2D eigenvalue weighted by Gasteiger charge is 2.36. The van der Waals surface area contributed by atoms with Crippen molar-refractivity contribution in [1.29, 1.82) is 0 Å². The number of likely N-dealkylation sites (tertiary alicyclic amines) is 1. The van der Waals surface area contributed by atoms with Gasteiger partial charge in [0.1, 0.15) is 16.0 Å². The van der Waals surface area contributed by atoms with Crippen LogP contribution in [0.25, 0.3) is 0 Å². The standard InChI is InChI=1S/C24H30BrN3O4/c1-16-6-11-20(21(25)26-16)28(14-17-7-9-19(31-5)10-8-17)22(29)18-12-13-27(15-18)23(30)32-24(2,3)4/h6-11,18H,12-15H2,1-5H3/t18-/m0/s1. The number of nitrogens with zero attached hydrogens (tertiary/aromatic N) is 3. The third kappa shape index (κ3) is 6.00. The average Bonchev–Trinajstić information content (AvgIpc) is 3.22. The molecule has 1 atom stereocenters. The van der Waals surface area contributed by atoms with E-state index in [2.05, 4.69) is 20.9 Å². The maximum atomic E-state index is 13.6. The van der Waals surface area contributed by atoms with Gasteiger partial charge in [-0.25, -0.2) is 9.78 Å². The molecular weight excluding hydrogens is 474 g/mol. The molecule has 0 bridgehead atoms. The molecular formula is C24H30BrN3O4. The van der Waals surface area contributed by atoms with Gasteiger partial charge in [-0.05, 0) is 79.9 Å². The van der Waals surface area contributed by atoms with Gasteiger partial charge in [0.05, 0.1) is 25.3 Å². The van der Waals surface area contributed by atoms with Crippen LogP contribution in [0.3, 0.4) is 0 Å². The van der Waals surface area contributed by atoms with Crippen molar-refractivity contribution in [3.63, 3.8) is 0 Å². The van der Waals surface area contributed by atoms with E-state index in [9.17, 15) is 9.59 Å². The first-order chi connectivity index (χ1) is 15.1. The Labute approximate surface area is 197 Å². The number of aryl methyl sites for hydroxylation is 1. The Balaban J connectivity index is 1.82. The van der Waals surface area contributed by atoms with Gasteiger partial charge in [0.15, 0.2) is 0 Å². The Hall–Kier alpha value is -2.61. The third-order valence-electron chi connectivity index (χ3n) is 5.21. The number of ether oxygens (including phenoxy) is 2. The first-order valence-corrected chi connectivity index (χ1v) is 11.4. The Morgan fingerprint density at radius 3 is 2.47 bits per heavy atom. The highest BCUT2D eigenvalue weighted by Crippen LogP contribution is 2.30. The fraction of sp³-hybridized carbons (Fsp3) is 0.458. The van der Waals surface area contributed by atoms with E-state index in [0.29, 0.717) is 36.3 Å². The summed E-state index contributed by atoms with van der Waals surface area (Å²) in [6.45, 7) is 8.63. The van der Waals surface area contributed by atoms with Gasteiger partial charge in [-0.15, -0.1) is 0 Å². The zero-order valence-corrected chi connectivity index (χ0v) is 20.8. The summed E-state index contributed by atoms with van der Waals surface area (Å²) >= 11 is 3.52. The van der Waals surface area contributed by atoms with Gasteiger partial charge in [0, 0.05) is 18.8 Å². The lowest BCUT2D eigenvalue weighted by Crippen LogP contribution is -2.39. The zero-order chi connectivity index (χ0) is 23.5. The zero-order valence-electron chi connectivity index (χ0n) is 19.2. The number of amides is 2. The second kappa shape index (κ2) is 9.90. The molecule has 2 amide bonds. The molecule has 0 N–H and O–H groups in total. The average molecular weight is 504 g/mol. The molecule has 172 valence electrons. The van der Waals surface area contributed by atoms with Crippen LogP contribution >= 0.6 is 15.9 Å². The molecule has 8 heteroatoms. The fourth-order valence-electron chi connectivity index (χ4n) is 3.59. The summed E-state index contributed by atoms with van der Waals surface area (Å²) in [5, 5.41) is 0. The molecule has 0 spiro atoms. The van der Waals surface area contributed by atoms with Crippen LogP contribution in [0.1, 0.15) is 38.4 Å². The third-order valence-corrected chi connectivity index (χ3v) is 5.80. The van der Waals surface area contributed by atoms with Crippen LogP contribution in [0.5, 0.6) is 5.75 Å². The van der Waals surface area contributed by atoms with Crippen LogP contribution in [0.15, 0.2) is 41.0 Å². The minimum Gasteiger partial charge on any atom is -0.497 e. The van der Waals surface area contributed by atoms with Crippen molar-refractivity contribution in [3.8, 4) is 5.75 Å². The molecule has 1 saturated heterocycles. The van der Waals surface area contributed by atoms with E-state index in [4.69, 9.17) is 9.47 Å². The van der Waals surface area contributed by atoms with Crippen molar-refractivity contribution in [2.75, 3.05) is 25.1 Å². The van der Waals surface area contributed by atoms with Crippen LogP contribution in [0.4, 0.5) is 10.5 Å². The lowest BCUT2D eigenvalue weighted by Gasteiger charge is -2.27. The Morgan fingerprint density at radius 1 is 1.19 bits per heavy atom. The van der Waals surface area contributed by atoms with Gasteiger partial charge >= 0.3 is 6.09 Å². The largest absolute Gasteiger partial charge is 0.497 e. The summed E-state index contributed by atoms with van der Waals surface area (Å²) in [4.78, 5) is 33.9. The smallest absolute Gasteiger partial charge is 0.410 e. The topological polar surface area (TPSA) is 72.0 Å².